The number of anilines is 4. The molecule has 1 amide bonds. The Morgan fingerprint density at radius 1 is 1.19 bits per heavy atom. The maximum absolute atomic E-state index is 11.6. The smallest absolute Gasteiger partial charge is 0.248 e. The molecule has 1 aromatic carbocycles. The standard InChI is InChI=1S/C22H32N8O/c1-14-7-8-16(19(23)31)11-18(14)26-21-27-20(25-17-9-10-24-12-17)28-22(29-21)30(2)13-15-5-3-4-6-15/h7-8,11,15,17,24H,3-6,9-10,12-13H2,1-2H3,(H2,23,31)(H2,25,26,27,28,29)/t17-/m0/s1. The number of hydrogen-bond acceptors (Lipinski definition) is 8. The van der Waals surface area contributed by atoms with Crippen LogP contribution in [0.2, 0.25) is 0 Å². The van der Waals surface area contributed by atoms with Crippen molar-refractivity contribution in [2.75, 3.05) is 42.2 Å². The molecule has 2 fully saturated rings. The average Bonchev–Trinajstić information content (AvgIpc) is 3.43. The summed E-state index contributed by atoms with van der Waals surface area (Å²) in [5.41, 5.74) is 7.62. The third kappa shape index (κ3) is 5.41. The molecular formula is C22H32N8O. The number of primary amides is 1. The van der Waals surface area contributed by atoms with E-state index in [1.54, 1.807) is 12.1 Å². The average molecular weight is 425 g/mol. The number of amides is 1. The van der Waals surface area contributed by atoms with E-state index >= 15 is 0 Å². The number of nitrogens with zero attached hydrogens (tertiary/aromatic N) is 4. The molecule has 1 aromatic heterocycles. The van der Waals surface area contributed by atoms with E-state index in [2.05, 4.69) is 30.8 Å². The van der Waals surface area contributed by atoms with Crippen molar-refractivity contribution in [2.24, 2.45) is 11.7 Å². The number of aromatic nitrogens is 3. The number of carbonyl (C=O) groups is 1. The van der Waals surface area contributed by atoms with Crippen molar-refractivity contribution in [1.82, 2.24) is 20.3 Å². The predicted molar refractivity (Wildman–Crippen MR) is 123 cm³/mol. The molecule has 2 aromatic rings. The van der Waals surface area contributed by atoms with Gasteiger partial charge in [0.15, 0.2) is 0 Å². The molecular weight excluding hydrogens is 392 g/mol. The minimum atomic E-state index is -0.466. The molecule has 0 spiro atoms. The lowest BCUT2D eigenvalue weighted by molar-refractivity contribution is 0.100. The molecule has 31 heavy (non-hydrogen) atoms. The van der Waals surface area contributed by atoms with Gasteiger partial charge in [-0.15, -0.1) is 0 Å². The summed E-state index contributed by atoms with van der Waals surface area (Å²) < 4.78 is 0. The monoisotopic (exact) mass is 424 g/mol. The van der Waals surface area contributed by atoms with Crippen LogP contribution in [-0.2, 0) is 0 Å². The summed E-state index contributed by atoms with van der Waals surface area (Å²) in [5, 5.41) is 10.1. The van der Waals surface area contributed by atoms with Crippen molar-refractivity contribution in [3.05, 3.63) is 29.3 Å². The summed E-state index contributed by atoms with van der Waals surface area (Å²) in [7, 11) is 2.04. The molecule has 4 rings (SSSR count). The Hall–Kier alpha value is -2.94. The van der Waals surface area contributed by atoms with Crippen LogP contribution >= 0.6 is 0 Å². The first kappa shape index (κ1) is 21.3. The molecule has 2 heterocycles. The zero-order valence-corrected chi connectivity index (χ0v) is 18.3. The molecule has 0 bridgehead atoms. The topological polar surface area (TPSA) is 121 Å². The molecule has 2 aliphatic rings. The van der Waals surface area contributed by atoms with Gasteiger partial charge in [-0.05, 0) is 56.3 Å². The Balaban J connectivity index is 1.60. The van der Waals surface area contributed by atoms with E-state index < -0.39 is 5.91 Å². The van der Waals surface area contributed by atoms with Gasteiger partial charge >= 0.3 is 0 Å². The maximum Gasteiger partial charge on any atom is 0.248 e. The zero-order valence-electron chi connectivity index (χ0n) is 18.3. The molecule has 1 aliphatic heterocycles. The predicted octanol–water partition coefficient (Wildman–Crippen LogP) is 2.42. The van der Waals surface area contributed by atoms with Crippen LogP contribution in [0.15, 0.2) is 18.2 Å². The van der Waals surface area contributed by atoms with E-state index in [1.165, 1.54) is 25.7 Å². The number of nitrogens with two attached hydrogens (primary N) is 1. The van der Waals surface area contributed by atoms with Gasteiger partial charge in [-0.3, -0.25) is 4.79 Å². The highest BCUT2D eigenvalue weighted by molar-refractivity contribution is 5.94. The minimum absolute atomic E-state index is 0.295. The highest BCUT2D eigenvalue weighted by Crippen LogP contribution is 2.27. The number of nitrogens with one attached hydrogen (secondary N) is 3. The van der Waals surface area contributed by atoms with Gasteiger partial charge in [0.2, 0.25) is 23.8 Å². The summed E-state index contributed by atoms with van der Waals surface area (Å²) in [4.78, 5) is 27.7. The molecule has 1 saturated heterocycles. The lowest BCUT2D eigenvalue weighted by Gasteiger charge is -2.22. The number of benzene rings is 1. The summed E-state index contributed by atoms with van der Waals surface area (Å²) in [6.45, 7) is 4.78. The summed E-state index contributed by atoms with van der Waals surface area (Å²) in [6.07, 6.45) is 6.16. The van der Waals surface area contributed by atoms with Gasteiger partial charge < -0.3 is 26.6 Å². The van der Waals surface area contributed by atoms with Gasteiger partial charge in [0, 0.05) is 37.4 Å². The van der Waals surface area contributed by atoms with Crippen molar-refractivity contribution < 1.29 is 4.79 Å². The first-order valence-corrected chi connectivity index (χ1v) is 11.1. The number of rotatable bonds is 8. The lowest BCUT2D eigenvalue weighted by Crippen LogP contribution is -2.28. The van der Waals surface area contributed by atoms with Crippen LogP contribution in [0.5, 0.6) is 0 Å². The first-order chi connectivity index (χ1) is 15.0. The molecule has 166 valence electrons. The number of aryl methyl sites for hydroxylation is 1. The van der Waals surface area contributed by atoms with Gasteiger partial charge in [0.05, 0.1) is 0 Å². The Bertz CT molecular complexity index is 922. The Morgan fingerprint density at radius 3 is 2.68 bits per heavy atom. The summed E-state index contributed by atoms with van der Waals surface area (Å²) in [5.74, 6) is 1.86. The van der Waals surface area contributed by atoms with Gasteiger partial charge in [-0.25, -0.2) is 0 Å². The van der Waals surface area contributed by atoms with Crippen LogP contribution in [0, 0.1) is 12.8 Å². The highest BCUT2D eigenvalue weighted by atomic mass is 16.1. The van der Waals surface area contributed by atoms with Crippen LogP contribution in [0.4, 0.5) is 23.5 Å². The van der Waals surface area contributed by atoms with E-state index in [0.29, 0.717) is 35.4 Å². The summed E-state index contributed by atoms with van der Waals surface area (Å²) in [6, 6.07) is 5.61. The molecule has 0 radical (unpaired) electrons. The second-order valence-electron chi connectivity index (χ2n) is 8.67. The molecule has 1 aliphatic carbocycles. The van der Waals surface area contributed by atoms with E-state index in [-0.39, 0.29) is 0 Å². The molecule has 1 atom stereocenters. The van der Waals surface area contributed by atoms with Gasteiger partial charge in [0.1, 0.15) is 0 Å². The third-order valence-electron chi connectivity index (χ3n) is 6.13. The fraction of sp³-hybridized carbons (Fsp3) is 0.545. The largest absolute Gasteiger partial charge is 0.366 e. The molecule has 9 heteroatoms. The second kappa shape index (κ2) is 9.47. The van der Waals surface area contributed by atoms with Gasteiger partial charge in [0.25, 0.3) is 0 Å². The van der Waals surface area contributed by atoms with Crippen molar-refractivity contribution in [1.29, 1.82) is 0 Å². The van der Waals surface area contributed by atoms with Crippen LogP contribution in [0.3, 0.4) is 0 Å². The molecule has 9 nitrogen and oxygen atoms in total. The first-order valence-electron chi connectivity index (χ1n) is 11.1. The third-order valence-corrected chi connectivity index (χ3v) is 6.13. The van der Waals surface area contributed by atoms with Crippen molar-refractivity contribution in [3.63, 3.8) is 0 Å². The van der Waals surface area contributed by atoms with Crippen molar-refractivity contribution in [3.8, 4) is 0 Å². The van der Waals surface area contributed by atoms with E-state index in [1.807, 2.05) is 20.0 Å². The quantitative estimate of drug-likeness (QED) is 0.510. The lowest BCUT2D eigenvalue weighted by atomic mass is 10.1. The Morgan fingerprint density at radius 2 is 1.97 bits per heavy atom. The minimum Gasteiger partial charge on any atom is -0.366 e. The fourth-order valence-corrected chi connectivity index (χ4v) is 4.31. The van der Waals surface area contributed by atoms with Gasteiger partial charge in [-0.1, -0.05) is 18.9 Å². The molecule has 5 N–H and O–H groups in total. The van der Waals surface area contributed by atoms with E-state index in [4.69, 9.17) is 10.7 Å². The van der Waals surface area contributed by atoms with Crippen molar-refractivity contribution >= 4 is 29.4 Å². The Kier molecular flexibility index (Phi) is 6.50. The number of carbonyl (C=O) groups excluding carboxylic acids is 1. The normalized spacial score (nSPS) is 18.8. The Labute approximate surface area is 183 Å². The summed E-state index contributed by atoms with van der Waals surface area (Å²) >= 11 is 0. The SMILES string of the molecule is Cc1ccc(C(N)=O)cc1Nc1nc(N[C@H]2CCNC2)nc(N(C)CC2CCCC2)n1. The highest BCUT2D eigenvalue weighted by Gasteiger charge is 2.21. The fourth-order valence-electron chi connectivity index (χ4n) is 4.31. The number of hydrogen-bond donors (Lipinski definition) is 4. The van der Waals surface area contributed by atoms with Gasteiger partial charge in [-0.2, -0.15) is 15.0 Å². The van der Waals surface area contributed by atoms with Crippen molar-refractivity contribution in [2.45, 2.75) is 45.1 Å². The van der Waals surface area contributed by atoms with E-state index in [9.17, 15) is 4.79 Å². The van der Waals surface area contributed by atoms with Crippen LogP contribution in [-0.4, -0.2) is 53.6 Å². The van der Waals surface area contributed by atoms with Crippen LogP contribution in [0.25, 0.3) is 0 Å². The molecule has 1 saturated carbocycles. The zero-order chi connectivity index (χ0) is 21.8. The molecule has 0 unspecified atom stereocenters. The van der Waals surface area contributed by atoms with Crippen LogP contribution in [0.1, 0.15) is 48.0 Å². The maximum atomic E-state index is 11.6. The van der Waals surface area contributed by atoms with Crippen LogP contribution < -0.4 is 26.6 Å². The van der Waals surface area contributed by atoms with E-state index in [0.717, 1.165) is 37.3 Å². The second-order valence-corrected chi connectivity index (χ2v) is 8.67.